The van der Waals surface area contributed by atoms with Gasteiger partial charge in [0.1, 0.15) is 17.0 Å². The van der Waals surface area contributed by atoms with E-state index in [-0.39, 0.29) is 11.7 Å². The predicted molar refractivity (Wildman–Crippen MR) is 236 cm³/mol. The number of aromatic nitrogens is 1. The minimum atomic E-state index is 0.0934. The Kier molecular flexibility index (Phi) is 7.27. The van der Waals surface area contributed by atoms with Gasteiger partial charge in [0.15, 0.2) is 5.84 Å². The van der Waals surface area contributed by atoms with Crippen molar-refractivity contribution in [1.29, 1.82) is 5.41 Å². The number of fused-ring (bicyclic) bond motifs is 9. The maximum atomic E-state index is 9.17. The molecule has 3 N–H and O–H groups in total. The van der Waals surface area contributed by atoms with Crippen LogP contribution >= 0.6 is 11.3 Å². The highest BCUT2D eigenvalue weighted by molar-refractivity contribution is 7.26. The normalized spacial score (nSPS) is 12.2. The largest absolute Gasteiger partial charge is 0.456 e. The van der Waals surface area contributed by atoms with Crippen molar-refractivity contribution in [1.82, 2.24) is 4.57 Å². The van der Waals surface area contributed by atoms with Crippen molar-refractivity contribution >= 4 is 86.9 Å². The van der Waals surface area contributed by atoms with E-state index in [4.69, 9.17) is 20.6 Å². The lowest BCUT2D eigenvalue weighted by Gasteiger charge is -2.10. The third-order valence-electron chi connectivity index (χ3n) is 10.9. The molecule has 11 rings (SSSR count). The second-order valence-corrected chi connectivity index (χ2v) is 15.2. The molecule has 0 aliphatic heterocycles. The maximum absolute atomic E-state index is 9.17. The number of nitrogens with two attached hydrogens (primary N) is 1. The van der Waals surface area contributed by atoms with Crippen molar-refractivity contribution in [2.75, 3.05) is 0 Å². The average molecular weight is 737 g/mol. The number of thiophene rings is 1. The van der Waals surface area contributed by atoms with E-state index in [1.54, 1.807) is 0 Å². The number of furan rings is 1. The number of amidine groups is 2. The molecule has 0 fully saturated rings. The standard InChI is InChI=1S/C50H32N4OS/c51-49(32-22-24-42-39(27-32)35-16-7-9-19-41(35)54(42)34-14-5-2-6-15-34)53-50(52)37-18-11-20-44-47(37)40-26-31(23-25-43(40)55-44)38-28-33(30-12-3-1-4-13-30)29-46-48(38)36-17-8-10-21-45(36)56-46/h1-29H,(H3,51,52,53). The Balaban J connectivity index is 1.04. The number of rotatable bonds is 5. The number of para-hydroxylation sites is 2. The number of hydrogen-bond acceptors (Lipinski definition) is 3. The zero-order chi connectivity index (χ0) is 37.3. The molecule has 56 heavy (non-hydrogen) atoms. The third-order valence-corrected chi connectivity index (χ3v) is 12.0. The summed E-state index contributed by atoms with van der Waals surface area (Å²) in [5.41, 5.74) is 17.6. The molecule has 8 aromatic carbocycles. The van der Waals surface area contributed by atoms with Gasteiger partial charge < -0.3 is 14.7 Å². The fraction of sp³-hybridized carbons (Fsp3) is 0. The number of hydrogen-bond donors (Lipinski definition) is 2. The van der Waals surface area contributed by atoms with Crippen LogP contribution < -0.4 is 5.73 Å². The van der Waals surface area contributed by atoms with E-state index in [1.165, 1.54) is 36.9 Å². The van der Waals surface area contributed by atoms with Crippen LogP contribution in [0.1, 0.15) is 11.1 Å². The summed E-state index contributed by atoms with van der Waals surface area (Å²) in [5, 5.41) is 15.7. The van der Waals surface area contributed by atoms with Crippen molar-refractivity contribution < 1.29 is 4.42 Å². The van der Waals surface area contributed by atoms with Gasteiger partial charge in [-0.25, -0.2) is 4.99 Å². The molecular formula is C50H32N4OS. The Hall–Kier alpha value is -7.28. The maximum Gasteiger partial charge on any atom is 0.154 e. The van der Waals surface area contributed by atoms with Crippen LogP contribution in [0.3, 0.4) is 0 Å². The van der Waals surface area contributed by atoms with Gasteiger partial charge >= 0.3 is 0 Å². The summed E-state index contributed by atoms with van der Waals surface area (Å²) < 4.78 is 11.2. The summed E-state index contributed by atoms with van der Waals surface area (Å²) in [4.78, 5) is 4.73. The van der Waals surface area contributed by atoms with Gasteiger partial charge in [-0.05, 0) is 95.1 Å². The lowest BCUT2D eigenvalue weighted by Crippen LogP contribution is -2.16. The van der Waals surface area contributed by atoms with Crippen LogP contribution in [0, 0.1) is 5.41 Å². The molecule has 11 aromatic rings. The first kappa shape index (κ1) is 32.2. The highest BCUT2D eigenvalue weighted by atomic mass is 32.1. The van der Waals surface area contributed by atoms with Gasteiger partial charge in [-0.2, -0.15) is 0 Å². The van der Waals surface area contributed by atoms with Gasteiger partial charge in [-0.1, -0.05) is 103 Å². The van der Waals surface area contributed by atoms with Gasteiger partial charge in [-0.3, -0.25) is 5.41 Å². The summed E-state index contributed by atoms with van der Waals surface area (Å²) in [6.07, 6.45) is 0. The highest BCUT2D eigenvalue weighted by Gasteiger charge is 2.19. The van der Waals surface area contributed by atoms with Gasteiger partial charge in [0.05, 0.1) is 11.0 Å². The molecule has 0 bridgehead atoms. The Bertz CT molecular complexity index is 3390. The number of nitrogens with one attached hydrogen (secondary N) is 1. The number of benzene rings is 8. The lowest BCUT2D eigenvalue weighted by molar-refractivity contribution is 0.669. The molecule has 0 aliphatic carbocycles. The van der Waals surface area contributed by atoms with Crippen LogP contribution in [-0.2, 0) is 0 Å². The van der Waals surface area contributed by atoms with E-state index in [2.05, 4.69) is 150 Å². The Morgan fingerprint density at radius 1 is 0.536 bits per heavy atom. The summed E-state index contributed by atoms with van der Waals surface area (Å²) >= 11 is 1.83. The fourth-order valence-corrected chi connectivity index (χ4v) is 9.48. The quantitative estimate of drug-likeness (QED) is 0.136. The summed E-state index contributed by atoms with van der Waals surface area (Å²) in [7, 11) is 0. The molecule has 3 heterocycles. The van der Waals surface area contributed by atoms with Crippen LogP contribution in [0.25, 0.3) is 91.9 Å². The van der Waals surface area contributed by atoms with E-state index in [0.717, 1.165) is 60.6 Å². The van der Waals surface area contributed by atoms with Crippen molar-refractivity contribution in [3.05, 3.63) is 187 Å². The first-order valence-electron chi connectivity index (χ1n) is 18.6. The molecule has 0 aliphatic rings. The number of aliphatic imine (C=N–C) groups is 1. The molecule has 3 aromatic heterocycles. The van der Waals surface area contributed by atoms with E-state index in [1.807, 2.05) is 41.7 Å². The zero-order valence-corrected chi connectivity index (χ0v) is 30.8. The SMILES string of the molecule is N=C(N=C(N)c1cccc2oc3ccc(-c4cc(-c5ccccc5)cc5sc6ccccc6c45)cc3c12)c1ccc2c(c1)c1ccccc1n2-c1ccccc1. The molecule has 0 atom stereocenters. The van der Waals surface area contributed by atoms with Gasteiger partial charge in [0.2, 0.25) is 0 Å². The summed E-state index contributed by atoms with van der Waals surface area (Å²) in [6.45, 7) is 0. The lowest BCUT2D eigenvalue weighted by atomic mass is 9.93. The highest BCUT2D eigenvalue weighted by Crippen LogP contribution is 2.44. The van der Waals surface area contributed by atoms with Crippen LogP contribution in [0.4, 0.5) is 0 Å². The summed E-state index contributed by atoms with van der Waals surface area (Å²) in [5.74, 6) is 0.355. The average Bonchev–Trinajstić information content (AvgIpc) is 3.93. The molecule has 0 unspecified atom stereocenters. The molecule has 6 heteroatoms. The first-order chi connectivity index (χ1) is 27.6. The molecule has 5 nitrogen and oxygen atoms in total. The fourth-order valence-electron chi connectivity index (χ4n) is 8.31. The molecule has 0 saturated carbocycles. The Morgan fingerprint density at radius 2 is 1.29 bits per heavy atom. The minimum absolute atomic E-state index is 0.0934. The first-order valence-corrected chi connectivity index (χ1v) is 19.4. The van der Waals surface area contributed by atoms with E-state index in [0.29, 0.717) is 5.56 Å². The van der Waals surface area contributed by atoms with Gasteiger partial charge in [-0.15, -0.1) is 11.3 Å². The van der Waals surface area contributed by atoms with E-state index >= 15 is 0 Å². The molecule has 0 spiro atoms. The van der Waals surface area contributed by atoms with Crippen LogP contribution in [0.2, 0.25) is 0 Å². The minimum Gasteiger partial charge on any atom is -0.456 e. The molecule has 0 amide bonds. The topological polar surface area (TPSA) is 80.3 Å². The smallest absolute Gasteiger partial charge is 0.154 e. The molecule has 0 radical (unpaired) electrons. The van der Waals surface area contributed by atoms with Crippen molar-refractivity contribution in [3.8, 4) is 27.9 Å². The second kappa shape index (κ2) is 12.7. The predicted octanol–water partition coefficient (Wildman–Crippen LogP) is 13.1. The Labute approximate surface area is 325 Å². The second-order valence-electron chi connectivity index (χ2n) is 14.1. The van der Waals surface area contributed by atoms with Crippen LogP contribution in [0.15, 0.2) is 185 Å². The number of nitrogens with zero attached hydrogens (tertiary/aromatic N) is 2. The third kappa shape index (κ3) is 5.08. The van der Waals surface area contributed by atoms with Crippen LogP contribution in [-0.4, -0.2) is 16.2 Å². The van der Waals surface area contributed by atoms with Gasteiger partial charge in [0, 0.05) is 58.5 Å². The summed E-state index contributed by atoms with van der Waals surface area (Å²) in [6, 6.07) is 60.9. The zero-order valence-electron chi connectivity index (χ0n) is 30.0. The monoisotopic (exact) mass is 736 g/mol. The van der Waals surface area contributed by atoms with Gasteiger partial charge in [0.25, 0.3) is 0 Å². The molecular weight excluding hydrogens is 705 g/mol. The van der Waals surface area contributed by atoms with Crippen molar-refractivity contribution in [3.63, 3.8) is 0 Å². The Morgan fingerprint density at radius 3 is 2.14 bits per heavy atom. The van der Waals surface area contributed by atoms with Crippen LogP contribution in [0.5, 0.6) is 0 Å². The van der Waals surface area contributed by atoms with E-state index in [9.17, 15) is 0 Å². The van der Waals surface area contributed by atoms with Crippen molar-refractivity contribution in [2.24, 2.45) is 10.7 Å². The molecule has 0 saturated heterocycles. The molecule has 264 valence electrons. The van der Waals surface area contributed by atoms with E-state index < -0.39 is 0 Å². The van der Waals surface area contributed by atoms with Crippen molar-refractivity contribution in [2.45, 2.75) is 0 Å².